The third kappa shape index (κ3) is 4.32. The fourth-order valence-electron chi connectivity index (χ4n) is 2.93. The summed E-state index contributed by atoms with van der Waals surface area (Å²) in [6.07, 6.45) is -0.503. The molecular weight excluding hydrogens is 421 g/mol. The number of rotatable bonds is 4. The van der Waals surface area contributed by atoms with E-state index in [-0.39, 0.29) is 22.8 Å². The number of amides is 1. The first-order chi connectivity index (χ1) is 15.3. The first-order valence-electron chi connectivity index (χ1n) is 9.21. The molecule has 4 rings (SSSR count). The van der Waals surface area contributed by atoms with E-state index in [1.54, 1.807) is 24.3 Å². The molecule has 1 aromatic carbocycles. The highest BCUT2D eigenvalue weighted by atomic mass is 19.4. The van der Waals surface area contributed by atoms with Crippen LogP contribution in [0.3, 0.4) is 0 Å². The smallest absolute Gasteiger partial charge is 0.321 e. The van der Waals surface area contributed by atoms with Crippen molar-refractivity contribution < 1.29 is 18.0 Å². The summed E-state index contributed by atoms with van der Waals surface area (Å²) in [6, 6.07) is 14.9. The van der Waals surface area contributed by atoms with E-state index in [4.69, 9.17) is 5.26 Å². The van der Waals surface area contributed by atoms with Crippen LogP contribution in [0.2, 0.25) is 0 Å². The van der Waals surface area contributed by atoms with Crippen LogP contribution in [0.25, 0.3) is 17.1 Å². The first-order valence-corrected chi connectivity index (χ1v) is 9.21. The number of halogens is 3. The van der Waals surface area contributed by atoms with Gasteiger partial charge >= 0.3 is 6.18 Å². The average Bonchev–Trinajstić information content (AvgIpc) is 3.26. The van der Waals surface area contributed by atoms with Gasteiger partial charge in [-0.15, -0.1) is 0 Å². The minimum absolute atomic E-state index is 0.0723. The zero-order chi connectivity index (χ0) is 22.7. The third-order valence-electron chi connectivity index (χ3n) is 4.43. The number of anilines is 1. The van der Waals surface area contributed by atoms with Crippen molar-refractivity contribution in [3.05, 3.63) is 90.0 Å². The van der Waals surface area contributed by atoms with E-state index in [2.05, 4.69) is 20.4 Å². The highest BCUT2D eigenvalue weighted by Gasteiger charge is 2.36. The largest absolute Gasteiger partial charge is 0.433 e. The van der Waals surface area contributed by atoms with Crippen molar-refractivity contribution in [2.75, 3.05) is 5.32 Å². The summed E-state index contributed by atoms with van der Waals surface area (Å²) >= 11 is 0. The number of carbonyl (C=O) groups excluding carboxylic acids is 1. The molecule has 0 unspecified atom stereocenters. The lowest BCUT2D eigenvalue weighted by molar-refractivity contribution is -0.142. The van der Waals surface area contributed by atoms with Crippen LogP contribution < -0.4 is 5.32 Å². The van der Waals surface area contributed by atoms with E-state index in [0.717, 1.165) is 6.07 Å². The Labute approximate surface area is 179 Å². The van der Waals surface area contributed by atoms with Gasteiger partial charge in [0.15, 0.2) is 11.5 Å². The molecule has 4 aromatic rings. The zero-order valence-electron chi connectivity index (χ0n) is 16.2. The number of alkyl halides is 3. The standard InChI is InChI=1S/C22H13F3N6O/c23-22(24,25)19-10-18(16-5-2-8-27-12-16)30-31(19)20-7-6-17(13-28-20)29-21(32)15-4-1-3-14(9-15)11-26/h1-10,12-13H,(H,29,32). The molecule has 3 heterocycles. The van der Waals surface area contributed by atoms with Gasteiger partial charge in [-0.3, -0.25) is 9.78 Å². The third-order valence-corrected chi connectivity index (χ3v) is 4.43. The number of nitriles is 1. The normalized spacial score (nSPS) is 11.1. The number of hydrogen-bond acceptors (Lipinski definition) is 5. The van der Waals surface area contributed by atoms with E-state index < -0.39 is 17.8 Å². The first kappa shape index (κ1) is 20.7. The maximum atomic E-state index is 13.6. The van der Waals surface area contributed by atoms with Crippen molar-refractivity contribution in [2.45, 2.75) is 6.18 Å². The van der Waals surface area contributed by atoms with Gasteiger partial charge in [0, 0.05) is 23.5 Å². The number of hydrogen-bond donors (Lipinski definition) is 1. The van der Waals surface area contributed by atoms with Crippen LogP contribution in [0.15, 0.2) is 73.2 Å². The van der Waals surface area contributed by atoms with Gasteiger partial charge in [0.25, 0.3) is 5.91 Å². The van der Waals surface area contributed by atoms with E-state index in [1.807, 2.05) is 6.07 Å². The monoisotopic (exact) mass is 434 g/mol. The number of carbonyl (C=O) groups is 1. The zero-order valence-corrected chi connectivity index (χ0v) is 16.2. The maximum Gasteiger partial charge on any atom is 0.433 e. The van der Waals surface area contributed by atoms with Crippen molar-refractivity contribution in [1.82, 2.24) is 19.7 Å². The summed E-state index contributed by atoms with van der Waals surface area (Å²) in [6.45, 7) is 0. The number of nitrogens with one attached hydrogen (secondary N) is 1. The van der Waals surface area contributed by atoms with Crippen LogP contribution in [-0.4, -0.2) is 25.7 Å². The van der Waals surface area contributed by atoms with E-state index in [0.29, 0.717) is 15.8 Å². The van der Waals surface area contributed by atoms with Crippen LogP contribution in [0.1, 0.15) is 21.6 Å². The quantitative estimate of drug-likeness (QED) is 0.511. The summed E-state index contributed by atoms with van der Waals surface area (Å²) < 4.78 is 41.4. The number of benzene rings is 1. The number of nitrogens with zero attached hydrogens (tertiary/aromatic N) is 5. The Kier molecular flexibility index (Phi) is 5.39. The second kappa shape index (κ2) is 8.31. The molecule has 0 aliphatic carbocycles. The summed E-state index contributed by atoms with van der Waals surface area (Å²) in [5.74, 6) is -0.553. The van der Waals surface area contributed by atoms with Crippen molar-refractivity contribution in [2.24, 2.45) is 0 Å². The van der Waals surface area contributed by atoms with Crippen LogP contribution in [0.4, 0.5) is 18.9 Å². The Hall–Kier alpha value is -4.52. The molecule has 0 spiro atoms. The minimum atomic E-state index is -4.66. The van der Waals surface area contributed by atoms with Gasteiger partial charge < -0.3 is 5.32 Å². The fraction of sp³-hybridized carbons (Fsp3) is 0.0455. The van der Waals surface area contributed by atoms with Gasteiger partial charge in [-0.2, -0.15) is 23.5 Å². The van der Waals surface area contributed by atoms with Gasteiger partial charge in [0.1, 0.15) is 0 Å². The van der Waals surface area contributed by atoms with E-state index in [9.17, 15) is 18.0 Å². The second-order valence-corrected chi connectivity index (χ2v) is 6.62. The Morgan fingerprint density at radius 1 is 1.06 bits per heavy atom. The molecule has 3 aromatic heterocycles. The molecule has 10 heteroatoms. The van der Waals surface area contributed by atoms with Crippen LogP contribution in [-0.2, 0) is 6.18 Å². The Morgan fingerprint density at radius 3 is 2.56 bits per heavy atom. The second-order valence-electron chi connectivity index (χ2n) is 6.62. The van der Waals surface area contributed by atoms with Gasteiger partial charge in [-0.25, -0.2) is 9.67 Å². The highest BCUT2D eigenvalue weighted by molar-refractivity contribution is 6.04. The molecule has 32 heavy (non-hydrogen) atoms. The Morgan fingerprint density at radius 2 is 1.91 bits per heavy atom. The molecule has 0 aliphatic heterocycles. The molecule has 0 saturated carbocycles. The van der Waals surface area contributed by atoms with Gasteiger partial charge in [0.05, 0.1) is 29.2 Å². The van der Waals surface area contributed by atoms with E-state index >= 15 is 0 Å². The van der Waals surface area contributed by atoms with Crippen molar-refractivity contribution >= 4 is 11.6 Å². The van der Waals surface area contributed by atoms with Crippen LogP contribution in [0, 0.1) is 11.3 Å². The highest BCUT2D eigenvalue weighted by Crippen LogP contribution is 2.33. The van der Waals surface area contributed by atoms with Gasteiger partial charge in [-0.1, -0.05) is 6.07 Å². The molecule has 0 aliphatic rings. The molecule has 0 fully saturated rings. The lowest BCUT2D eigenvalue weighted by Crippen LogP contribution is -2.15. The predicted octanol–water partition coefficient (Wildman–Crippen LogP) is 4.47. The molecule has 0 saturated heterocycles. The predicted molar refractivity (Wildman–Crippen MR) is 109 cm³/mol. The van der Waals surface area contributed by atoms with Gasteiger partial charge in [-0.05, 0) is 48.5 Å². The van der Waals surface area contributed by atoms with Crippen LogP contribution in [0.5, 0.6) is 0 Å². The average molecular weight is 434 g/mol. The summed E-state index contributed by atoms with van der Waals surface area (Å²) in [7, 11) is 0. The maximum absolute atomic E-state index is 13.6. The van der Waals surface area contributed by atoms with Crippen molar-refractivity contribution in [3.63, 3.8) is 0 Å². The molecule has 0 radical (unpaired) electrons. The Balaban J connectivity index is 1.62. The molecule has 1 N–H and O–H groups in total. The lowest BCUT2D eigenvalue weighted by atomic mass is 10.1. The fourth-order valence-corrected chi connectivity index (χ4v) is 2.93. The van der Waals surface area contributed by atoms with Crippen LogP contribution >= 0.6 is 0 Å². The number of aromatic nitrogens is 4. The van der Waals surface area contributed by atoms with E-state index in [1.165, 1.54) is 42.9 Å². The summed E-state index contributed by atoms with van der Waals surface area (Å²) in [5, 5.41) is 15.6. The molecule has 7 nitrogen and oxygen atoms in total. The molecule has 0 atom stereocenters. The topological polar surface area (TPSA) is 96.5 Å². The molecule has 0 bridgehead atoms. The summed E-state index contributed by atoms with van der Waals surface area (Å²) in [5.41, 5.74) is 0.403. The molecule has 1 amide bonds. The number of pyridine rings is 2. The lowest BCUT2D eigenvalue weighted by Gasteiger charge is -2.10. The SMILES string of the molecule is N#Cc1cccc(C(=O)Nc2ccc(-n3nc(-c4cccnc4)cc3C(F)(F)F)nc2)c1. The Bertz CT molecular complexity index is 1310. The minimum Gasteiger partial charge on any atom is -0.321 e. The summed E-state index contributed by atoms with van der Waals surface area (Å²) in [4.78, 5) is 20.3. The molecule has 158 valence electrons. The molecular formula is C22H13F3N6O. The van der Waals surface area contributed by atoms with Crippen molar-refractivity contribution in [1.29, 1.82) is 5.26 Å². The van der Waals surface area contributed by atoms with Gasteiger partial charge in [0.2, 0.25) is 0 Å². The van der Waals surface area contributed by atoms with Crippen molar-refractivity contribution in [3.8, 4) is 23.1 Å².